The van der Waals surface area contributed by atoms with Crippen molar-refractivity contribution in [3.05, 3.63) is 94.6 Å². The molecule has 0 atom stereocenters. The van der Waals surface area contributed by atoms with Crippen molar-refractivity contribution in [3.63, 3.8) is 0 Å². The number of hydrogen-bond acceptors (Lipinski definition) is 2. The van der Waals surface area contributed by atoms with Crippen LogP contribution in [0.4, 0.5) is 17.6 Å². The van der Waals surface area contributed by atoms with Crippen LogP contribution in [-0.2, 0) is 4.74 Å². The van der Waals surface area contributed by atoms with E-state index in [9.17, 15) is 22.4 Å². The number of halogens is 4. The second kappa shape index (κ2) is 9.15. The molecule has 0 unspecified atom stereocenters. The predicted molar refractivity (Wildman–Crippen MR) is 113 cm³/mol. The molecule has 0 bridgehead atoms. The summed E-state index contributed by atoms with van der Waals surface area (Å²) in [7, 11) is 0. The summed E-state index contributed by atoms with van der Waals surface area (Å²) < 4.78 is 62.7. The van der Waals surface area contributed by atoms with E-state index in [2.05, 4.69) is 0 Å². The minimum atomic E-state index is -1.22. The lowest BCUT2D eigenvalue weighted by Crippen LogP contribution is -2.25. The summed E-state index contributed by atoms with van der Waals surface area (Å²) in [5.41, 5.74) is 0.776. The average Bonchev–Trinajstić information content (AvgIpc) is 2.80. The highest BCUT2D eigenvalue weighted by Gasteiger charge is 2.29. The molecule has 0 aliphatic heterocycles. The SMILES string of the molecule is Cc1ccc(C(=O)OC2CCC(c3ccc(-c4ccccc4)c(F)c3F)CC2)c(F)c1F. The lowest BCUT2D eigenvalue weighted by molar-refractivity contribution is 0.0188. The maximum atomic E-state index is 14.8. The van der Waals surface area contributed by atoms with E-state index in [0.29, 0.717) is 36.8 Å². The van der Waals surface area contributed by atoms with Crippen molar-refractivity contribution in [1.82, 2.24) is 0 Å². The molecule has 32 heavy (non-hydrogen) atoms. The lowest BCUT2D eigenvalue weighted by atomic mass is 9.82. The molecule has 3 aromatic rings. The first-order chi connectivity index (χ1) is 15.4. The van der Waals surface area contributed by atoms with Crippen LogP contribution in [0.5, 0.6) is 0 Å². The van der Waals surface area contributed by atoms with E-state index in [4.69, 9.17) is 4.74 Å². The van der Waals surface area contributed by atoms with E-state index >= 15 is 0 Å². The highest BCUT2D eigenvalue weighted by atomic mass is 19.2. The van der Waals surface area contributed by atoms with E-state index < -0.39 is 40.9 Å². The zero-order chi connectivity index (χ0) is 22.8. The highest BCUT2D eigenvalue weighted by Crippen LogP contribution is 2.38. The van der Waals surface area contributed by atoms with E-state index in [1.807, 2.05) is 0 Å². The van der Waals surface area contributed by atoms with Gasteiger partial charge in [-0.3, -0.25) is 0 Å². The molecule has 166 valence electrons. The van der Waals surface area contributed by atoms with Crippen LogP contribution < -0.4 is 0 Å². The monoisotopic (exact) mass is 442 g/mol. The molecule has 3 aromatic carbocycles. The normalized spacial score (nSPS) is 18.4. The van der Waals surface area contributed by atoms with Gasteiger partial charge in [0.05, 0.1) is 5.56 Å². The van der Waals surface area contributed by atoms with Gasteiger partial charge in [0.15, 0.2) is 23.3 Å². The fraction of sp³-hybridized carbons (Fsp3) is 0.269. The lowest BCUT2D eigenvalue weighted by Gasteiger charge is -2.29. The predicted octanol–water partition coefficient (Wildman–Crippen LogP) is 7.10. The molecular weight excluding hydrogens is 420 g/mol. The average molecular weight is 442 g/mol. The maximum absolute atomic E-state index is 14.8. The fourth-order valence-corrected chi connectivity index (χ4v) is 4.23. The number of ether oxygens (including phenoxy) is 1. The molecule has 1 aliphatic rings. The third-order valence-corrected chi connectivity index (χ3v) is 6.08. The summed E-state index contributed by atoms with van der Waals surface area (Å²) in [5, 5.41) is 0. The van der Waals surface area contributed by atoms with E-state index in [1.54, 1.807) is 42.5 Å². The van der Waals surface area contributed by atoms with Gasteiger partial charge < -0.3 is 4.74 Å². The smallest absolute Gasteiger partial charge is 0.341 e. The molecule has 0 saturated heterocycles. The summed E-state index contributed by atoms with van der Waals surface area (Å²) in [6.45, 7) is 1.41. The first-order valence-corrected chi connectivity index (χ1v) is 10.6. The van der Waals surface area contributed by atoms with Crippen molar-refractivity contribution in [1.29, 1.82) is 0 Å². The number of carbonyl (C=O) groups is 1. The van der Waals surface area contributed by atoms with E-state index in [1.165, 1.54) is 19.1 Å². The zero-order valence-electron chi connectivity index (χ0n) is 17.5. The Morgan fingerprint density at radius 3 is 2.16 bits per heavy atom. The van der Waals surface area contributed by atoms with Crippen molar-refractivity contribution in [3.8, 4) is 11.1 Å². The molecule has 1 saturated carbocycles. The van der Waals surface area contributed by atoms with Gasteiger partial charge in [-0.25, -0.2) is 22.4 Å². The van der Waals surface area contributed by atoms with Gasteiger partial charge in [0, 0.05) is 5.56 Å². The van der Waals surface area contributed by atoms with Gasteiger partial charge in [-0.2, -0.15) is 0 Å². The molecular formula is C26H22F4O2. The quantitative estimate of drug-likeness (QED) is 0.318. The topological polar surface area (TPSA) is 26.3 Å². The number of benzene rings is 3. The van der Waals surface area contributed by atoms with Crippen LogP contribution in [0.15, 0.2) is 54.6 Å². The van der Waals surface area contributed by atoms with Crippen molar-refractivity contribution in [2.45, 2.75) is 44.6 Å². The third kappa shape index (κ3) is 4.27. The Morgan fingerprint density at radius 2 is 1.47 bits per heavy atom. The summed E-state index contributed by atoms with van der Waals surface area (Å²) in [6.07, 6.45) is 1.34. The number of aryl methyl sites for hydroxylation is 1. The Morgan fingerprint density at radius 1 is 0.781 bits per heavy atom. The van der Waals surface area contributed by atoms with Gasteiger partial charge in [-0.05, 0) is 61.3 Å². The summed E-state index contributed by atoms with van der Waals surface area (Å²) >= 11 is 0. The van der Waals surface area contributed by atoms with Crippen LogP contribution in [0.1, 0.15) is 53.1 Å². The van der Waals surface area contributed by atoms with Gasteiger partial charge in [0.25, 0.3) is 0 Å². The van der Waals surface area contributed by atoms with Gasteiger partial charge in [-0.1, -0.05) is 48.5 Å². The largest absolute Gasteiger partial charge is 0.459 e. The molecule has 1 aliphatic carbocycles. The Kier molecular flexibility index (Phi) is 6.31. The van der Waals surface area contributed by atoms with Gasteiger partial charge >= 0.3 is 5.97 Å². The first-order valence-electron chi connectivity index (χ1n) is 10.6. The van der Waals surface area contributed by atoms with Crippen LogP contribution in [0.25, 0.3) is 11.1 Å². The Hall–Kier alpha value is -3.15. The standard InChI is InChI=1S/C26H22F4O2/c1-15-7-12-21(25(30)22(15)27)26(31)32-18-10-8-17(9-11-18)20-14-13-19(23(28)24(20)29)16-5-3-2-4-6-16/h2-7,12-14,17-18H,8-11H2,1H3. The number of carbonyl (C=O) groups excluding carboxylic acids is 1. The van der Waals surface area contributed by atoms with Gasteiger partial charge in [0.1, 0.15) is 6.10 Å². The Bertz CT molecular complexity index is 1140. The highest BCUT2D eigenvalue weighted by molar-refractivity contribution is 5.90. The second-order valence-corrected chi connectivity index (χ2v) is 8.13. The number of rotatable bonds is 4. The minimum Gasteiger partial charge on any atom is -0.459 e. The first kappa shape index (κ1) is 22.1. The molecule has 0 heterocycles. The zero-order valence-corrected chi connectivity index (χ0v) is 17.5. The molecule has 1 fully saturated rings. The Balaban J connectivity index is 1.42. The molecule has 0 amide bonds. The van der Waals surface area contributed by atoms with Crippen molar-refractivity contribution in [2.75, 3.05) is 0 Å². The molecule has 2 nitrogen and oxygen atoms in total. The van der Waals surface area contributed by atoms with Crippen LogP contribution in [-0.4, -0.2) is 12.1 Å². The molecule has 0 aromatic heterocycles. The minimum absolute atomic E-state index is 0.104. The molecule has 4 rings (SSSR count). The summed E-state index contributed by atoms with van der Waals surface area (Å²) in [6, 6.07) is 14.5. The third-order valence-electron chi connectivity index (χ3n) is 6.08. The van der Waals surface area contributed by atoms with Gasteiger partial charge in [0.2, 0.25) is 0 Å². The summed E-state index contributed by atoms with van der Waals surface area (Å²) in [4.78, 5) is 12.3. The second-order valence-electron chi connectivity index (χ2n) is 8.13. The van der Waals surface area contributed by atoms with Gasteiger partial charge in [-0.15, -0.1) is 0 Å². The fourth-order valence-electron chi connectivity index (χ4n) is 4.23. The maximum Gasteiger partial charge on any atom is 0.341 e. The van der Waals surface area contributed by atoms with Crippen molar-refractivity contribution in [2.24, 2.45) is 0 Å². The molecule has 6 heteroatoms. The molecule has 0 spiro atoms. The van der Waals surface area contributed by atoms with E-state index in [-0.39, 0.29) is 17.0 Å². The Labute approximate surface area is 183 Å². The molecule has 0 N–H and O–H groups in total. The number of esters is 1. The van der Waals surface area contributed by atoms with Crippen LogP contribution in [0.3, 0.4) is 0 Å². The van der Waals surface area contributed by atoms with Crippen LogP contribution in [0.2, 0.25) is 0 Å². The van der Waals surface area contributed by atoms with Crippen molar-refractivity contribution >= 4 is 5.97 Å². The van der Waals surface area contributed by atoms with Crippen LogP contribution in [0, 0.1) is 30.2 Å². The molecule has 0 radical (unpaired) electrons. The van der Waals surface area contributed by atoms with E-state index in [0.717, 1.165) is 0 Å². The van der Waals surface area contributed by atoms with Crippen LogP contribution >= 0.6 is 0 Å². The number of hydrogen-bond donors (Lipinski definition) is 0. The van der Waals surface area contributed by atoms with Crippen molar-refractivity contribution < 1.29 is 27.1 Å². The summed E-state index contributed by atoms with van der Waals surface area (Å²) in [5.74, 6) is -5.16.